The van der Waals surface area contributed by atoms with Gasteiger partial charge < -0.3 is 5.11 Å². The van der Waals surface area contributed by atoms with Gasteiger partial charge in [0.2, 0.25) is 0 Å². The van der Waals surface area contributed by atoms with Crippen molar-refractivity contribution < 1.29 is 5.11 Å². The lowest BCUT2D eigenvalue weighted by molar-refractivity contribution is -0.0268. The minimum atomic E-state index is -0.212. The molecule has 98 valence electrons. The van der Waals surface area contributed by atoms with E-state index in [1.54, 1.807) is 0 Å². The summed E-state index contributed by atoms with van der Waals surface area (Å²) in [6.45, 7) is 0.738. The van der Waals surface area contributed by atoms with Crippen LogP contribution in [0.4, 0.5) is 0 Å². The predicted molar refractivity (Wildman–Crippen MR) is 85.2 cm³/mol. The number of likely N-dealkylation sites (tertiary alicyclic amines) is 1. The Balaban J connectivity index is 1.97. The Morgan fingerprint density at radius 3 is 1.79 bits per heavy atom. The van der Waals surface area contributed by atoms with Gasteiger partial charge >= 0.3 is 0 Å². The molecule has 19 heavy (non-hydrogen) atoms. The van der Waals surface area contributed by atoms with Gasteiger partial charge in [0.05, 0.1) is 16.2 Å². The third kappa shape index (κ3) is 2.55. The molecule has 0 aromatic heterocycles. The van der Waals surface area contributed by atoms with Crippen LogP contribution in [0.2, 0.25) is 0 Å². The SMILES string of the molecule is OC1CN(C(c2ccccc2)c2ccccc2)C1I. The molecule has 2 atom stereocenters. The van der Waals surface area contributed by atoms with E-state index in [1.807, 2.05) is 12.1 Å². The molecule has 3 heteroatoms. The highest BCUT2D eigenvalue weighted by molar-refractivity contribution is 14.1. The Morgan fingerprint density at radius 2 is 1.42 bits per heavy atom. The zero-order valence-corrected chi connectivity index (χ0v) is 12.6. The molecule has 0 amide bonds. The fourth-order valence-corrected chi connectivity index (χ4v) is 3.36. The number of halogens is 1. The summed E-state index contributed by atoms with van der Waals surface area (Å²) in [5, 5.41) is 9.78. The molecule has 2 nitrogen and oxygen atoms in total. The molecule has 2 aromatic carbocycles. The van der Waals surface area contributed by atoms with Crippen LogP contribution < -0.4 is 0 Å². The second kappa shape index (κ2) is 5.61. The summed E-state index contributed by atoms with van der Waals surface area (Å²) < 4.78 is 0.183. The van der Waals surface area contributed by atoms with E-state index in [4.69, 9.17) is 0 Å². The van der Waals surface area contributed by atoms with Crippen molar-refractivity contribution in [3.8, 4) is 0 Å². The smallest absolute Gasteiger partial charge is 0.0915 e. The van der Waals surface area contributed by atoms with Gasteiger partial charge in [0.25, 0.3) is 0 Å². The second-order valence-corrected chi connectivity index (χ2v) is 6.14. The van der Waals surface area contributed by atoms with Gasteiger partial charge in [-0.1, -0.05) is 83.3 Å². The lowest BCUT2D eigenvalue weighted by atomic mass is 9.94. The monoisotopic (exact) mass is 365 g/mol. The zero-order chi connectivity index (χ0) is 13.2. The number of alkyl halides is 1. The summed E-state index contributed by atoms with van der Waals surface area (Å²) in [7, 11) is 0. The van der Waals surface area contributed by atoms with Crippen molar-refractivity contribution in [2.45, 2.75) is 16.2 Å². The maximum absolute atomic E-state index is 9.78. The number of benzene rings is 2. The Hall–Kier alpha value is -0.910. The van der Waals surface area contributed by atoms with Crippen LogP contribution in [0.3, 0.4) is 0 Å². The van der Waals surface area contributed by atoms with E-state index in [0.717, 1.165) is 6.54 Å². The van der Waals surface area contributed by atoms with Crippen molar-refractivity contribution in [2.75, 3.05) is 6.54 Å². The quantitative estimate of drug-likeness (QED) is 0.513. The van der Waals surface area contributed by atoms with E-state index in [1.165, 1.54) is 11.1 Å². The molecule has 1 fully saturated rings. The van der Waals surface area contributed by atoms with Gasteiger partial charge in [-0.25, -0.2) is 0 Å². The molecule has 3 rings (SSSR count). The Bertz CT molecular complexity index is 491. The van der Waals surface area contributed by atoms with Gasteiger partial charge in [0.1, 0.15) is 0 Å². The van der Waals surface area contributed by atoms with Crippen LogP contribution in [0.1, 0.15) is 17.2 Å². The average molecular weight is 365 g/mol. The maximum Gasteiger partial charge on any atom is 0.0915 e. The first kappa shape index (κ1) is 13.1. The normalized spacial score (nSPS) is 23.3. The third-order valence-electron chi connectivity index (χ3n) is 3.59. The van der Waals surface area contributed by atoms with Gasteiger partial charge in [-0.15, -0.1) is 0 Å². The Kier molecular flexibility index (Phi) is 3.86. The third-order valence-corrected chi connectivity index (χ3v) is 5.14. The number of hydrogen-bond acceptors (Lipinski definition) is 2. The summed E-state index contributed by atoms with van der Waals surface area (Å²) in [4.78, 5) is 2.34. The van der Waals surface area contributed by atoms with Gasteiger partial charge in [-0.3, -0.25) is 4.90 Å². The first-order valence-corrected chi connectivity index (χ1v) is 7.69. The minimum absolute atomic E-state index is 0.183. The predicted octanol–water partition coefficient (Wildman–Crippen LogP) is 3.21. The average Bonchev–Trinajstić information content (AvgIpc) is 2.49. The maximum atomic E-state index is 9.78. The fraction of sp³-hybridized carbons (Fsp3) is 0.250. The number of aliphatic hydroxyl groups is 1. The second-order valence-electron chi connectivity index (χ2n) is 4.86. The number of β-amino-alcohol motifs (C(OH)–C–C–N with tert-alkyl or cyclic N) is 1. The highest BCUT2D eigenvalue weighted by atomic mass is 127. The van der Waals surface area contributed by atoms with Crippen LogP contribution in [-0.2, 0) is 0 Å². The van der Waals surface area contributed by atoms with Crippen LogP contribution in [-0.4, -0.2) is 26.7 Å². The van der Waals surface area contributed by atoms with Crippen molar-refractivity contribution in [1.29, 1.82) is 0 Å². The molecular formula is C16H16INO. The molecule has 0 radical (unpaired) electrons. The van der Waals surface area contributed by atoms with E-state index >= 15 is 0 Å². The van der Waals surface area contributed by atoms with Crippen molar-refractivity contribution in [3.05, 3.63) is 71.8 Å². The van der Waals surface area contributed by atoms with Crippen molar-refractivity contribution >= 4 is 22.6 Å². The molecule has 1 aliphatic heterocycles. The molecular weight excluding hydrogens is 349 g/mol. The van der Waals surface area contributed by atoms with Crippen LogP contribution in [0.25, 0.3) is 0 Å². The molecule has 2 unspecified atom stereocenters. The molecule has 1 saturated heterocycles. The van der Waals surface area contributed by atoms with Gasteiger partial charge in [0.15, 0.2) is 0 Å². The van der Waals surface area contributed by atoms with Crippen LogP contribution in [0, 0.1) is 0 Å². The van der Waals surface area contributed by atoms with E-state index in [-0.39, 0.29) is 16.2 Å². The fourth-order valence-electron chi connectivity index (χ4n) is 2.58. The lowest BCUT2D eigenvalue weighted by Crippen LogP contribution is -2.57. The summed E-state index contributed by atoms with van der Waals surface area (Å²) in [6.07, 6.45) is -0.212. The Morgan fingerprint density at radius 1 is 0.947 bits per heavy atom. The number of nitrogens with zero attached hydrogens (tertiary/aromatic N) is 1. The van der Waals surface area contributed by atoms with E-state index in [0.29, 0.717) is 0 Å². The summed E-state index contributed by atoms with van der Waals surface area (Å²) >= 11 is 2.33. The van der Waals surface area contributed by atoms with Gasteiger partial charge in [-0.05, 0) is 11.1 Å². The highest BCUT2D eigenvalue weighted by Crippen LogP contribution is 2.38. The zero-order valence-electron chi connectivity index (χ0n) is 10.5. The number of hydrogen-bond donors (Lipinski definition) is 1. The molecule has 1 heterocycles. The van der Waals surface area contributed by atoms with E-state index in [2.05, 4.69) is 76.0 Å². The lowest BCUT2D eigenvalue weighted by Gasteiger charge is -2.47. The minimum Gasteiger partial charge on any atom is -0.389 e. The molecule has 0 bridgehead atoms. The summed E-state index contributed by atoms with van der Waals surface area (Å²) in [6, 6.07) is 21.2. The van der Waals surface area contributed by atoms with Crippen molar-refractivity contribution in [3.63, 3.8) is 0 Å². The summed E-state index contributed by atoms with van der Waals surface area (Å²) in [5.74, 6) is 0. The molecule has 0 saturated carbocycles. The van der Waals surface area contributed by atoms with Crippen molar-refractivity contribution in [2.24, 2.45) is 0 Å². The van der Waals surface area contributed by atoms with Gasteiger partial charge in [-0.2, -0.15) is 0 Å². The van der Waals surface area contributed by atoms with E-state index < -0.39 is 0 Å². The number of aliphatic hydroxyl groups excluding tert-OH is 1. The molecule has 1 N–H and O–H groups in total. The van der Waals surface area contributed by atoms with Crippen LogP contribution in [0.15, 0.2) is 60.7 Å². The largest absolute Gasteiger partial charge is 0.389 e. The molecule has 0 spiro atoms. The number of rotatable bonds is 3. The molecule has 2 aromatic rings. The first-order chi connectivity index (χ1) is 9.27. The topological polar surface area (TPSA) is 23.5 Å². The van der Waals surface area contributed by atoms with Crippen LogP contribution in [0.5, 0.6) is 0 Å². The molecule has 1 aliphatic rings. The standard InChI is InChI=1S/C16H16INO/c17-16-14(19)11-18(16)15(12-7-3-1-4-8-12)13-9-5-2-6-10-13/h1-10,14-16,19H,11H2. The van der Waals surface area contributed by atoms with Crippen molar-refractivity contribution in [1.82, 2.24) is 4.90 Å². The van der Waals surface area contributed by atoms with Crippen LogP contribution >= 0.6 is 22.6 Å². The first-order valence-electron chi connectivity index (χ1n) is 6.45. The Labute approximate surface area is 127 Å². The van der Waals surface area contributed by atoms with Gasteiger partial charge in [0, 0.05) is 6.54 Å². The van der Waals surface area contributed by atoms with E-state index in [9.17, 15) is 5.11 Å². The summed E-state index contributed by atoms with van der Waals surface area (Å²) in [5.41, 5.74) is 2.56. The highest BCUT2D eigenvalue weighted by Gasteiger charge is 2.40. The molecule has 0 aliphatic carbocycles.